The lowest BCUT2D eigenvalue weighted by Gasteiger charge is -2.30. The topological polar surface area (TPSA) is 181 Å². The molecule has 0 radical (unpaired) electrons. The van der Waals surface area contributed by atoms with E-state index in [1.807, 2.05) is 6.07 Å². The van der Waals surface area contributed by atoms with Crippen LogP contribution in [0.25, 0.3) is 10.4 Å². The molecule has 1 atom stereocenters. The molecule has 0 saturated heterocycles. The molecule has 1 amide bonds. The first-order valence-electron chi connectivity index (χ1n) is 7.73. The highest BCUT2D eigenvalue weighted by Crippen LogP contribution is 2.42. The molecule has 0 bridgehead atoms. The van der Waals surface area contributed by atoms with E-state index in [1.165, 1.54) is 24.4 Å². The third kappa shape index (κ3) is 3.06. The molecule has 2 aromatic rings. The quantitative estimate of drug-likeness (QED) is 0.364. The van der Waals surface area contributed by atoms with E-state index < -0.39 is 17.4 Å². The SMILES string of the molecule is N#Cc1ccc(C2C(C(N)=O)=C(CN=[N+]=[N-])Nc3cc[nH]c(=O)c32)c(O)c1. The lowest BCUT2D eigenvalue weighted by Crippen LogP contribution is -2.33. The average Bonchev–Trinajstić information content (AvgIpc) is 2.65. The van der Waals surface area contributed by atoms with Crippen LogP contribution >= 0.6 is 0 Å². The number of H-pyrrole nitrogens is 1. The van der Waals surface area contributed by atoms with E-state index in [0.717, 1.165) is 0 Å². The summed E-state index contributed by atoms with van der Waals surface area (Å²) >= 11 is 0. The Hall–Kier alpha value is -4.22. The second kappa shape index (κ2) is 6.95. The zero-order valence-electron chi connectivity index (χ0n) is 13.8. The Kier molecular flexibility index (Phi) is 4.53. The number of amides is 1. The van der Waals surface area contributed by atoms with Crippen molar-refractivity contribution in [1.82, 2.24) is 4.98 Å². The van der Waals surface area contributed by atoms with Crippen LogP contribution in [0.4, 0.5) is 5.69 Å². The maximum absolute atomic E-state index is 12.5. The molecule has 0 aliphatic carbocycles. The van der Waals surface area contributed by atoms with Gasteiger partial charge in [-0.3, -0.25) is 9.59 Å². The van der Waals surface area contributed by atoms with Gasteiger partial charge in [-0.1, -0.05) is 11.2 Å². The predicted octanol–water partition coefficient (Wildman–Crippen LogP) is 1.56. The Morgan fingerprint density at radius 2 is 2.22 bits per heavy atom. The number of nitriles is 1. The summed E-state index contributed by atoms with van der Waals surface area (Å²) in [5.41, 5.74) is 14.9. The van der Waals surface area contributed by atoms with Gasteiger partial charge in [-0.05, 0) is 23.7 Å². The van der Waals surface area contributed by atoms with Crippen LogP contribution in [-0.2, 0) is 4.79 Å². The van der Waals surface area contributed by atoms with Crippen molar-refractivity contribution in [1.29, 1.82) is 5.26 Å². The van der Waals surface area contributed by atoms with Crippen molar-refractivity contribution in [2.75, 3.05) is 11.9 Å². The number of aromatic hydroxyl groups is 1. The first-order chi connectivity index (χ1) is 13.0. The predicted molar refractivity (Wildman–Crippen MR) is 95.6 cm³/mol. The Morgan fingerprint density at radius 3 is 2.85 bits per heavy atom. The first-order valence-corrected chi connectivity index (χ1v) is 7.73. The molecule has 1 aromatic heterocycles. The van der Waals surface area contributed by atoms with Crippen molar-refractivity contribution in [3.8, 4) is 11.8 Å². The zero-order valence-corrected chi connectivity index (χ0v) is 13.8. The molecule has 1 aliphatic rings. The zero-order chi connectivity index (χ0) is 19.6. The molecule has 3 rings (SSSR count). The van der Waals surface area contributed by atoms with Crippen molar-refractivity contribution in [3.05, 3.63) is 79.2 Å². The minimum Gasteiger partial charge on any atom is -0.508 e. The molecule has 0 spiro atoms. The number of rotatable bonds is 4. The van der Waals surface area contributed by atoms with Crippen molar-refractivity contribution < 1.29 is 9.90 Å². The lowest BCUT2D eigenvalue weighted by molar-refractivity contribution is -0.114. The highest BCUT2D eigenvalue weighted by Gasteiger charge is 2.35. The molecule has 1 unspecified atom stereocenters. The first kappa shape index (κ1) is 17.6. The molecule has 5 N–H and O–H groups in total. The van der Waals surface area contributed by atoms with Gasteiger partial charge in [-0.15, -0.1) is 0 Å². The number of phenols is 1. The largest absolute Gasteiger partial charge is 0.508 e. The molecule has 0 saturated carbocycles. The molecule has 1 aromatic carbocycles. The summed E-state index contributed by atoms with van der Waals surface area (Å²) in [6.07, 6.45) is 1.42. The second-order valence-corrected chi connectivity index (χ2v) is 5.72. The van der Waals surface area contributed by atoms with Gasteiger partial charge >= 0.3 is 0 Å². The van der Waals surface area contributed by atoms with Gasteiger partial charge in [-0.2, -0.15) is 5.26 Å². The normalized spacial score (nSPS) is 15.1. The van der Waals surface area contributed by atoms with E-state index in [2.05, 4.69) is 20.3 Å². The van der Waals surface area contributed by atoms with Gasteiger partial charge in [0.15, 0.2) is 0 Å². The van der Waals surface area contributed by atoms with Crippen LogP contribution < -0.4 is 16.6 Å². The number of anilines is 1. The molecule has 134 valence electrons. The number of aromatic amines is 1. The smallest absolute Gasteiger partial charge is 0.254 e. The number of nitrogens with two attached hydrogens (primary N) is 1. The lowest BCUT2D eigenvalue weighted by atomic mass is 9.80. The van der Waals surface area contributed by atoms with Gasteiger partial charge < -0.3 is 21.1 Å². The minimum absolute atomic E-state index is 0.00777. The molecule has 27 heavy (non-hydrogen) atoms. The van der Waals surface area contributed by atoms with Crippen molar-refractivity contribution >= 4 is 11.6 Å². The summed E-state index contributed by atoms with van der Waals surface area (Å²) in [4.78, 5) is 29.9. The number of primary amides is 1. The number of hydrogen-bond acceptors (Lipinski definition) is 6. The number of fused-ring (bicyclic) bond motifs is 1. The number of carbonyl (C=O) groups is 1. The summed E-state index contributed by atoms with van der Waals surface area (Å²) in [6, 6.07) is 7.63. The molecule has 2 heterocycles. The number of azide groups is 1. The van der Waals surface area contributed by atoms with Crippen LogP contribution in [0.3, 0.4) is 0 Å². The van der Waals surface area contributed by atoms with Crippen LogP contribution in [0.2, 0.25) is 0 Å². The maximum atomic E-state index is 12.5. The second-order valence-electron chi connectivity index (χ2n) is 5.72. The molecule has 0 fully saturated rings. The van der Waals surface area contributed by atoms with Gasteiger partial charge in [0.2, 0.25) is 5.91 Å². The summed E-state index contributed by atoms with van der Waals surface area (Å²) < 4.78 is 0. The minimum atomic E-state index is -1.000. The van der Waals surface area contributed by atoms with Crippen LogP contribution in [0.5, 0.6) is 5.75 Å². The van der Waals surface area contributed by atoms with Gasteiger partial charge in [-0.25, -0.2) is 0 Å². The fourth-order valence-electron chi connectivity index (χ4n) is 3.12. The van der Waals surface area contributed by atoms with Crippen molar-refractivity contribution in [2.45, 2.75) is 5.92 Å². The third-order valence-electron chi connectivity index (χ3n) is 4.22. The Labute approximate surface area is 152 Å². The number of hydrogen-bond donors (Lipinski definition) is 4. The highest BCUT2D eigenvalue weighted by atomic mass is 16.3. The Bertz CT molecular complexity index is 1120. The fourth-order valence-corrected chi connectivity index (χ4v) is 3.12. The molecular formula is C17H13N7O3. The van der Waals surface area contributed by atoms with Gasteiger partial charge in [0.05, 0.1) is 29.7 Å². The van der Waals surface area contributed by atoms with E-state index in [0.29, 0.717) is 5.69 Å². The highest BCUT2D eigenvalue weighted by molar-refractivity contribution is 5.97. The number of carbonyl (C=O) groups excluding carboxylic acids is 1. The Balaban J connectivity index is 2.34. The summed E-state index contributed by atoms with van der Waals surface area (Å²) in [7, 11) is 0. The number of nitrogens with one attached hydrogen (secondary N) is 2. The number of pyridine rings is 1. The van der Waals surface area contributed by atoms with Crippen molar-refractivity contribution in [3.63, 3.8) is 0 Å². The van der Waals surface area contributed by atoms with E-state index >= 15 is 0 Å². The summed E-state index contributed by atoms with van der Waals surface area (Å²) in [5.74, 6) is -2.11. The number of benzene rings is 1. The average molecular weight is 363 g/mol. The molecule has 10 nitrogen and oxygen atoms in total. The van der Waals surface area contributed by atoms with Crippen molar-refractivity contribution in [2.24, 2.45) is 10.8 Å². The number of phenolic OH excluding ortho intramolecular Hbond substituents is 1. The van der Waals surface area contributed by atoms with Crippen LogP contribution in [-0.4, -0.2) is 22.5 Å². The van der Waals surface area contributed by atoms with Crippen LogP contribution in [0, 0.1) is 11.3 Å². The Morgan fingerprint density at radius 1 is 1.44 bits per heavy atom. The van der Waals surface area contributed by atoms with E-state index in [1.54, 1.807) is 6.07 Å². The standard InChI is InChI=1S/C17H13N7O3/c18-6-8-1-2-9(12(25)5-8)13-14(16(19)26)11(7-22-24-20)23-10-3-4-21-17(27)15(10)13/h1-5,13,23,25H,7H2,(H2,19,26)(H,21,27). The number of aromatic nitrogens is 1. The molecular weight excluding hydrogens is 350 g/mol. The van der Waals surface area contributed by atoms with Crippen LogP contribution in [0.15, 0.2) is 51.6 Å². The fraction of sp³-hybridized carbons (Fsp3) is 0.118. The molecule has 10 heteroatoms. The summed E-state index contributed by atoms with van der Waals surface area (Å²) in [6.45, 7) is -0.200. The van der Waals surface area contributed by atoms with Gasteiger partial charge in [0, 0.05) is 33.6 Å². The number of nitrogens with zero attached hydrogens (tertiary/aromatic N) is 4. The van der Waals surface area contributed by atoms with Crippen LogP contribution in [0.1, 0.15) is 22.6 Å². The van der Waals surface area contributed by atoms with Gasteiger partial charge in [0.1, 0.15) is 5.75 Å². The van der Waals surface area contributed by atoms with E-state index in [9.17, 15) is 14.7 Å². The van der Waals surface area contributed by atoms with E-state index in [4.69, 9.17) is 16.5 Å². The summed E-state index contributed by atoms with van der Waals surface area (Å²) in [5, 5.41) is 25.8. The maximum Gasteiger partial charge on any atom is 0.254 e. The third-order valence-corrected chi connectivity index (χ3v) is 4.22. The van der Waals surface area contributed by atoms with Gasteiger partial charge in [0.25, 0.3) is 5.56 Å². The molecule has 1 aliphatic heterocycles. The monoisotopic (exact) mass is 363 g/mol. The van der Waals surface area contributed by atoms with E-state index in [-0.39, 0.29) is 40.3 Å².